The summed E-state index contributed by atoms with van der Waals surface area (Å²) in [4.78, 5) is 15.3. The molecule has 1 heterocycles. The first-order valence-electron chi connectivity index (χ1n) is 7.87. The Morgan fingerprint density at radius 2 is 1.52 bits per heavy atom. The van der Waals surface area contributed by atoms with Gasteiger partial charge in [-0.25, -0.2) is 13.2 Å². The van der Waals surface area contributed by atoms with Crippen molar-refractivity contribution in [3.63, 3.8) is 0 Å². The predicted octanol–water partition coefficient (Wildman–Crippen LogP) is 3.83. The molecule has 0 bridgehead atoms. The third-order valence-electron chi connectivity index (χ3n) is 3.52. The molecule has 0 spiro atoms. The highest BCUT2D eigenvalue weighted by Crippen LogP contribution is 2.42. The molecular weight excluding hydrogens is 433 g/mol. The van der Waals surface area contributed by atoms with Crippen LogP contribution in [0, 0.1) is 0 Å². The molecular formula is C17H13F3N2O5S2. The summed E-state index contributed by atoms with van der Waals surface area (Å²) in [6.45, 7) is 1.98. The second kappa shape index (κ2) is 8.70. The Labute approximate surface area is 165 Å². The third-order valence-corrected chi connectivity index (χ3v) is 6.32. The van der Waals surface area contributed by atoms with E-state index in [2.05, 4.69) is 4.79 Å². The molecule has 7 nitrogen and oxygen atoms in total. The topological polar surface area (TPSA) is 120 Å². The van der Waals surface area contributed by atoms with E-state index in [0.29, 0.717) is 0 Å². The molecule has 0 N–H and O–H groups in total. The summed E-state index contributed by atoms with van der Waals surface area (Å²) >= 11 is 0. The number of carbonyl (C=O) groups excluding carboxylic acids is 1. The van der Waals surface area contributed by atoms with Gasteiger partial charge >= 0.3 is 16.5 Å². The normalized spacial score (nSPS) is 11.5. The molecule has 0 aliphatic rings. The fraction of sp³-hybridized carbons (Fsp3) is 0.176. The van der Waals surface area contributed by atoms with Crippen LogP contribution in [0.15, 0.2) is 48.5 Å². The fourth-order valence-corrected chi connectivity index (χ4v) is 4.60. The summed E-state index contributed by atoms with van der Waals surface area (Å²) in [5.74, 6) is -0.574. The van der Waals surface area contributed by atoms with Crippen LogP contribution in [0.3, 0.4) is 0 Å². The van der Waals surface area contributed by atoms with Crippen LogP contribution in [0.2, 0.25) is 0 Å². The van der Waals surface area contributed by atoms with Crippen molar-refractivity contribution in [3.05, 3.63) is 54.1 Å². The molecule has 0 radical (unpaired) electrons. The van der Waals surface area contributed by atoms with Crippen LogP contribution in [0.4, 0.5) is 13.2 Å². The number of hydrogen-bond acceptors (Lipinski definition) is 5. The molecule has 1 aromatic heterocycles. The molecule has 3 aromatic rings. The van der Waals surface area contributed by atoms with Gasteiger partial charge in [-0.2, -0.15) is 13.2 Å². The van der Waals surface area contributed by atoms with Crippen molar-refractivity contribution in [2.24, 2.45) is 0 Å². The number of benzene rings is 2. The van der Waals surface area contributed by atoms with Gasteiger partial charge in [0.15, 0.2) is 19.5 Å². The van der Waals surface area contributed by atoms with Crippen molar-refractivity contribution >= 4 is 51.8 Å². The van der Waals surface area contributed by atoms with Crippen molar-refractivity contribution in [2.45, 2.75) is 12.4 Å². The minimum atomic E-state index is -6.09. The highest BCUT2D eigenvalue weighted by Gasteiger charge is 2.40. The van der Waals surface area contributed by atoms with Gasteiger partial charge in [-0.05, 0) is 31.2 Å². The largest absolute Gasteiger partial charge is 0.741 e. The lowest BCUT2D eigenvalue weighted by molar-refractivity contribution is -0.138. The van der Waals surface area contributed by atoms with Crippen LogP contribution in [0.1, 0.15) is 6.92 Å². The van der Waals surface area contributed by atoms with Crippen LogP contribution in [-0.2, 0) is 19.6 Å². The number of carbonyl (C=O) groups is 1. The maximum atomic E-state index is 12.1. The summed E-state index contributed by atoms with van der Waals surface area (Å²) in [6.07, 6.45) is 0. The minimum absolute atomic E-state index is 0.0502. The van der Waals surface area contributed by atoms with Gasteiger partial charge in [-0.15, -0.1) is 0 Å². The quantitative estimate of drug-likeness (QED) is 0.115. The second-order valence-corrected chi connectivity index (χ2v) is 8.57. The Bertz CT molecular complexity index is 1160. The summed E-state index contributed by atoms with van der Waals surface area (Å²) in [5.41, 5.74) is 3.68. The van der Waals surface area contributed by atoms with Gasteiger partial charge in [0.25, 0.3) is 0 Å². The van der Waals surface area contributed by atoms with Gasteiger partial charge in [0.2, 0.25) is 0 Å². The Morgan fingerprint density at radius 1 is 1.10 bits per heavy atom. The number of esters is 1. The van der Waals surface area contributed by atoms with E-state index in [1.165, 1.54) is 0 Å². The number of thiophene rings is 1. The number of hydrogen-bond donors (Lipinski definition) is 0. The van der Waals surface area contributed by atoms with Crippen LogP contribution in [0.5, 0.6) is 0 Å². The van der Waals surface area contributed by atoms with E-state index in [-0.39, 0.29) is 11.7 Å². The van der Waals surface area contributed by atoms with E-state index in [1.807, 2.05) is 48.5 Å². The maximum absolute atomic E-state index is 12.1. The molecule has 0 atom stereocenters. The third kappa shape index (κ3) is 4.80. The predicted molar refractivity (Wildman–Crippen MR) is 100 cm³/mol. The molecule has 3 rings (SSSR count). The number of alkyl halides is 3. The number of halogens is 3. The summed E-state index contributed by atoms with van der Waals surface area (Å²) in [7, 11) is -6.81. The standard InChI is InChI=1S/C16H13N2O2S.CHF3O3S/c1-2-20-16(19)15(18-17)21-13-9-5-3-7-11(13)12-8-4-6-10-14(12)21;2-1(3,4)8(5,6)7/h3-10H,2H2,1H3;(H,5,6,7)/q+1;/p-1. The zero-order chi connectivity index (χ0) is 21.8. The Morgan fingerprint density at radius 3 is 1.86 bits per heavy atom. The van der Waals surface area contributed by atoms with Crippen molar-refractivity contribution in [1.82, 2.24) is 0 Å². The molecule has 2 aromatic carbocycles. The van der Waals surface area contributed by atoms with Crippen molar-refractivity contribution in [1.29, 1.82) is 0 Å². The average Bonchev–Trinajstić information content (AvgIpc) is 2.97. The number of nitrogens with zero attached hydrogens (tertiary/aromatic N) is 2. The highest BCUT2D eigenvalue weighted by atomic mass is 32.2. The zero-order valence-corrected chi connectivity index (χ0v) is 16.3. The average molecular weight is 446 g/mol. The first-order valence-corrected chi connectivity index (χ1v) is 10.5. The Hall–Kier alpha value is -2.79. The van der Waals surface area contributed by atoms with E-state index < -0.39 is 32.1 Å². The Kier molecular flexibility index (Phi) is 6.75. The smallest absolute Gasteiger partial charge is 0.597 e. The molecule has 0 fully saturated rings. The summed E-state index contributed by atoms with van der Waals surface area (Å²) < 4.78 is 65.9. The lowest BCUT2D eigenvalue weighted by atomic mass is 10.2. The molecule has 0 saturated heterocycles. The molecule has 0 aliphatic carbocycles. The molecule has 29 heavy (non-hydrogen) atoms. The number of fused-ring (bicyclic) bond motifs is 3. The van der Waals surface area contributed by atoms with Gasteiger partial charge in [0.1, 0.15) is 10.5 Å². The number of ether oxygens (including phenoxy) is 1. The van der Waals surface area contributed by atoms with Gasteiger partial charge in [0, 0.05) is 10.8 Å². The zero-order valence-electron chi connectivity index (χ0n) is 14.7. The molecule has 0 amide bonds. The lowest BCUT2D eigenvalue weighted by Gasteiger charge is -2.08. The van der Waals surface area contributed by atoms with Gasteiger partial charge in [-0.1, -0.05) is 29.1 Å². The van der Waals surface area contributed by atoms with Crippen LogP contribution < -0.4 is 0 Å². The van der Waals surface area contributed by atoms with Gasteiger partial charge in [-0.3, -0.25) is 0 Å². The van der Waals surface area contributed by atoms with Gasteiger partial charge < -0.3 is 14.8 Å². The molecule has 0 unspecified atom stereocenters. The Balaban J connectivity index is 0.000000321. The minimum Gasteiger partial charge on any atom is -0.741 e. The lowest BCUT2D eigenvalue weighted by Crippen LogP contribution is -2.21. The maximum Gasteiger partial charge on any atom is 0.597 e. The van der Waals surface area contributed by atoms with Crippen LogP contribution in [0.25, 0.3) is 25.7 Å². The van der Waals surface area contributed by atoms with Crippen molar-refractivity contribution < 1.29 is 40.5 Å². The molecule has 154 valence electrons. The molecule has 0 saturated carbocycles. The molecule has 12 heteroatoms. The van der Waals surface area contributed by atoms with E-state index in [4.69, 9.17) is 17.7 Å². The summed E-state index contributed by atoms with van der Waals surface area (Å²) in [6, 6.07) is 15.7. The van der Waals surface area contributed by atoms with E-state index in [0.717, 1.165) is 20.2 Å². The number of rotatable bonds is 3. The second-order valence-electron chi connectivity index (χ2n) is 5.32. The first kappa shape index (κ1) is 22.5. The van der Waals surface area contributed by atoms with E-state index in [9.17, 15) is 23.5 Å². The van der Waals surface area contributed by atoms with Crippen molar-refractivity contribution in [3.8, 4) is 0 Å². The molecule has 0 aliphatic heterocycles. The van der Waals surface area contributed by atoms with Crippen molar-refractivity contribution in [2.75, 3.05) is 6.61 Å². The van der Waals surface area contributed by atoms with Crippen LogP contribution >= 0.6 is 10.5 Å². The van der Waals surface area contributed by atoms with Crippen LogP contribution in [-0.4, -0.2) is 40.9 Å². The van der Waals surface area contributed by atoms with E-state index in [1.54, 1.807) is 6.92 Å². The van der Waals surface area contributed by atoms with Gasteiger partial charge in [0.05, 0.1) is 6.61 Å². The SMILES string of the molecule is CCOC(=O)C(=[N+]=[N-])[s+]1c2ccccc2c2ccccc21.O=S(=O)([O-])C(F)(F)F. The van der Waals surface area contributed by atoms with E-state index >= 15 is 0 Å². The highest BCUT2D eigenvalue weighted by molar-refractivity contribution is 7.86. The summed E-state index contributed by atoms with van der Waals surface area (Å²) in [5, 5.41) is 2.19. The monoisotopic (exact) mass is 446 g/mol. The fourth-order valence-electron chi connectivity index (χ4n) is 2.42. The first-order chi connectivity index (χ1) is 13.5.